The Morgan fingerprint density at radius 1 is 1.50 bits per heavy atom. The van der Waals surface area contributed by atoms with Crippen LogP contribution < -0.4 is 5.32 Å². The van der Waals surface area contributed by atoms with Gasteiger partial charge in [0.05, 0.1) is 5.56 Å². The summed E-state index contributed by atoms with van der Waals surface area (Å²) in [6.45, 7) is 2.40. The summed E-state index contributed by atoms with van der Waals surface area (Å²) in [5.74, 6) is -0.354. The zero-order valence-electron chi connectivity index (χ0n) is 9.88. The third kappa shape index (κ3) is 2.85. The molecule has 0 aliphatic rings. The Morgan fingerprint density at radius 3 is 3.00 bits per heavy atom. The molecule has 0 saturated heterocycles. The molecule has 1 aromatic carbocycles. The van der Waals surface area contributed by atoms with Crippen LogP contribution in [0.2, 0.25) is 0 Å². The Morgan fingerprint density at radius 2 is 2.33 bits per heavy atom. The van der Waals surface area contributed by atoms with E-state index in [0.29, 0.717) is 24.5 Å². The smallest absolute Gasteiger partial charge is 0.337 e. The number of carboxylic acids is 1. The van der Waals surface area contributed by atoms with Gasteiger partial charge < -0.3 is 14.9 Å². The predicted molar refractivity (Wildman–Crippen MR) is 64.6 cm³/mol. The van der Waals surface area contributed by atoms with Gasteiger partial charge in [0.2, 0.25) is 6.39 Å². The normalized spacial score (nSPS) is 10.3. The second kappa shape index (κ2) is 5.31. The molecule has 0 atom stereocenters. The molecule has 2 rings (SSSR count). The average molecular weight is 247 g/mol. The van der Waals surface area contributed by atoms with E-state index in [2.05, 4.69) is 20.0 Å². The van der Waals surface area contributed by atoms with Crippen LogP contribution in [0.25, 0.3) is 0 Å². The summed E-state index contributed by atoms with van der Waals surface area (Å²) in [6.07, 6.45) is 1.84. The van der Waals surface area contributed by atoms with Gasteiger partial charge in [-0.2, -0.15) is 4.98 Å². The molecule has 18 heavy (non-hydrogen) atoms. The number of aromatic carboxylic acids is 1. The first-order valence-corrected chi connectivity index (χ1v) is 5.50. The molecule has 0 unspecified atom stereocenters. The topological polar surface area (TPSA) is 88.3 Å². The van der Waals surface area contributed by atoms with Crippen molar-refractivity contribution in [2.45, 2.75) is 13.3 Å². The van der Waals surface area contributed by atoms with Crippen molar-refractivity contribution in [3.8, 4) is 0 Å². The van der Waals surface area contributed by atoms with Crippen LogP contribution in [0.5, 0.6) is 0 Å². The molecule has 94 valence electrons. The first-order valence-electron chi connectivity index (χ1n) is 5.50. The quantitative estimate of drug-likeness (QED) is 0.836. The Kier molecular flexibility index (Phi) is 3.57. The van der Waals surface area contributed by atoms with Crippen LogP contribution in [0.4, 0.5) is 5.69 Å². The van der Waals surface area contributed by atoms with Crippen LogP contribution in [0, 0.1) is 6.92 Å². The van der Waals surface area contributed by atoms with Crippen LogP contribution in [0.15, 0.2) is 29.1 Å². The number of nitrogens with one attached hydrogen (secondary N) is 1. The molecule has 2 aromatic rings. The van der Waals surface area contributed by atoms with E-state index >= 15 is 0 Å². The lowest BCUT2D eigenvalue weighted by Gasteiger charge is -2.09. The lowest BCUT2D eigenvalue weighted by atomic mass is 10.1. The molecule has 0 spiro atoms. The van der Waals surface area contributed by atoms with E-state index in [1.54, 1.807) is 12.1 Å². The molecule has 1 heterocycles. The minimum atomic E-state index is -0.944. The van der Waals surface area contributed by atoms with Crippen LogP contribution in [0.3, 0.4) is 0 Å². The summed E-state index contributed by atoms with van der Waals surface area (Å²) in [6, 6.07) is 5.26. The number of anilines is 1. The van der Waals surface area contributed by atoms with Gasteiger partial charge in [-0.1, -0.05) is 16.8 Å². The highest BCUT2D eigenvalue weighted by Crippen LogP contribution is 2.17. The second-order valence-corrected chi connectivity index (χ2v) is 3.88. The molecule has 0 bridgehead atoms. The molecule has 0 aliphatic carbocycles. The highest BCUT2D eigenvalue weighted by atomic mass is 16.5. The fourth-order valence-electron chi connectivity index (χ4n) is 1.60. The molecule has 0 saturated carbocycles. The van der Waals surface area contributed by atoms with Crippen molar-refractivity contribution < 1.29 is 14.4 Å². The zero-order valence-corrected chi connectivity index (χ0v) is 9.88. The number of carboxylic acid groups (broad SMARTS) is 1. The summed E-state index contributed by atoms with van der Waals surface area (Å²) in [5.41, 5.74) is 1.77. The third-order valence-electron chi connectivity index (χ3n) is 2.48. The molecule has 0 radical (unpaired) electrons. The molecule has 6 nitrogen and oxygen atoms in total. The summed E-state index contributed by atoms with van der Waals surface area (Å²) in [4.78, 5) is 15.0. The Balaban J connectivity index is 2.02. The van der Waals surface area contributed by atoms with Crippen molar-refractivity contribution in [1.29, 1.82) is 0 Å². The summed E-state index contributed by atoms with van der Waals surface area (Å²) in [7, 11) is 0. The molecular formula is C12H13N3O3. The Bertz CT molecular complexity index is 538. The molecular weight excluding hydrogens is 234 g/mol. The first kappa shape index (κ1) is 12.1. The maximum Gasteiger partial charge on any atom is 0.337 e. The maximum atomic E-state index is 11.1. The monoisotopic (exact) mass is 247 g/mol. The maximum absolute atomic E-state index is 11.1. The molecule has 0 aliphatic heterocycles. The van der Waals surface area contributed by atoms with Crippen molar-refractivity contribution in [1.82, 2.24) is 10.1 Å². The lowest BCUT2D eigenvalue weighted by Crippen LogP contribution is -2.10. The standard InChI is InChI=1S/C12H13N3O3/c1-8-2-3-10(9(6-8)12(16)17)13-5-4-11-14-7-18-15-11/h2-3,6-7,13H,4-5H2,1H3,(H,16,17). The number of carbonyl (C=O) groups is 1. The van der Waals surface area contributed by atoms with Gasteiger partial charge >= 0.3 is 5.97 Å². The van der Waals surface area contributed by atoms with Crippen molar-refractivity contribution in [2.24, 2.45) is 0 Å². The Labute approximate surface area is 104 Å². The predicted octanol–water partition coefficient (Wildman–Crippen LogP) is 1.73. The minimum Gasteiger partial charge on any atom is -0.478 e. The van der Waals surface area contributed by atoms with Gasteiger partial charge in [0.1, 0.15) is 0 Å². The number of hydrogen-bond donors (Lipinski definition) is 2. The van der Waals surface area contributed by atoms with Gasteiger partial charge in [-0.3, -0.25) is 0 Å². The van der Waals surface area contributed by atoms with E-state index in [1.165, 1.54) is 6.39 Å². The number of aromatic nitrogens is 2. The Hall–Kier alpha value is -2.37. The minimum absolute atomic E-state index is 0.267. The number of benzene rings is 1. The van der Waals surface area contributed by atoms with E-state index < -0.39 is 5.97 Å². The van der Waals surface area contributed by atoms with Crippen molar-refractivity contribution in [3.63, 3.8) is 0 Å². The lowest BCUT2D eigenvalue weighted by molar-refractivity contribution is 0.0698. The number of aryl methyl sites for hydroxylation is 1. The summed E-state index contributed by atoms with van der Waals surface area (Å²) >= 11 is 0. The zero-order chi connectivity index (χ0) is 13.0. The van der Waals surface area contributed by atoms with Crippen LogP contribution in [0.1, 0.15) is 21.7 Å². The van der Waals surface area contributed by atoms with Crippen LogP contribution in [-0.4, -0.2) is 27.8 Å². The van der Waals surface area contributed by atoms with E-state index in [9.17, 15) is 4.79 Å². The fraction of sp³-hybridized carbons (Fsp3) is 0.250. The first-order chi connectivity index (χ1) is 8.66. The van der Waals surface area contributed by atoms with Gasteiger partial charge in [0.25, 0.3) is 0 Å². The molecule has 0 amide bonds. The second-order valence-electron chi connectivity index (χ2n) is 3.88. The fourth-order valence-corrected chi connectivity index (χ4v) is 1.60. The average Bonchev–Trinajstić information content (AvgIpc) is 2.84. The largest absolute Gasteiger partial charge is 0.478 e. The van der Waals surface area contributed by atoms with Crippen molar-refractivity contribution in [3.05, 3.63) is 41.5 Å². The van der Waals surface area contributed by atoms with Gasteiger partial charge in [-0.15, -0.1) is 0 Å². The number of rotatable bonds is 5. The highest BCUT2D eigenvalue weighted by Gasteiger charge is 2.09. The SMILES string of the molecule is Cc1ccc(NCCc2ncon2)c(C(=O)O)c1. The van der Waals surface area contributed by atoms with Crippen LogP contribution >= 0.6 is 0 Å². The summed E-state index contributed by atoms with van der Waals surface area (Å²) in [5, 5.41) is 15.8. The number of nitrogens with zero attached hydrogens (tertiary/aromatic N) is 2. The number of hydrogen-bond acceptors (Lipinski definition) is 5. The van der Waals surface area contributed by atoms with E-state index in [0.717, 1.165) is 5.56 Å². The van der Waals surface area contributed by atoms with E-state index in [1.807, 2.05) is 13.0 Å². The van der Waals surface area contributed by atoms with E-state index in [4.69, 9.17) is 5.11 Å². The van der Waals surface area contributed by atoms with Crippen LogP contribution in [-0.2, 0) is 6.42 Å². The summed E-state index contributed by atoms with van der Waals surface area (Å²) < 4.78 is 4.61. The van der Waals surface area contributed by atoms with Gasteiger partial charge in [0.15, 0.2) is 5.82 Å². The highest BCUT2D eigenvalue weighted by molar-refractivity contribution is 5.94. The molecule has 1 aromatic heterocycles. The van der Waals surface area contributed by atoms with Gasteiger partial charge in [-0.05, 0) is 19.1 Å². The molecule has 2 N–H and O–H groups in total. The third-order valence-corrected chi connectivity index (χ3v) is 2.48. The van der Waals surface area contributed by atoms with Gasteiger partial charge in [-0.25, -0.2) is 4.79 Å². The van der Waals surface area contributed by atoms with Gasteiger partial charge in [0, 0.05) is 18.7 Å². The van der Waals surface area contributed by atoms with Crippen molar-refractivity contribution in [2.75, 3.05) is 11.9 Å². The molecule has 6 heteroatoms. The van der Waals surface area contributed by atoms with E-state index in [-0.39, 0.29) is 5.56 Å². The van der Waals surface area contributed by atoms with Crippen molar-refractivity contribution >= 4 is 11.7 Å². The molecule has 0 fully saturated rings.